The molecule has 1 saturated heterocycles. The maximum Gasteiger partial charge on any atom is 0.268 e. The highest BCUT2D eigenvalue weighted by molar-refractivity contribution is 7.89. The Morgan fingerprint density at radius 2 is 1.84 bits per heavy atom. The van der Waals surface area contributed by atoms with Crippen LogP contribution in [0.1, 0.15) is 45.2 Å². The Labute approximate surface area is 220 Å². The number of halogens is 1. The number of ether oxygens (including phenoxy) is 1. The van der Waals surface area contributed by atoms with Crippen LogP contribution in [0.15, 0.2) is 34.4 Å². The normalized spacial score (nSPS) is 23.9. The van der Waals surface area contributed by atoms with E-state index >= 15 is 0 Å². The average molecular weight is 538 g/mol. The molecule has 1 aromatic carbocycles. The van der Waals surface area contributed by atoms with Crippen molar-refractivity contribution in [1.29, 1.82) is 0 Å². The molecule has 0 aliphatic carbocycles. The summed E-state index contributed by atoms with van der Waals surface area (Å²) in [5.41, 5.74) is 2.25. The fourth-order valence-electron chi connectivity index (χ4n) is 5.44. The lowest BCUT2D eigenvalue weighted by Crippen LogP contribution is -2.50. The zero-order chi connectivity index (χ0) is 26.7. The number of likely N-dealkylation sites (N-methyl/N-ethyl adjacent to an activating group) is 1. The van der Waals surface area contributed by atoms with E-state index in [2.05, 4.69) is 24.1 Å². The van der Waals surface area contributed by atoms with Crippen LogP contribution in [0.4, 0.5) is 4.39 Å². The van der Waals surface area contributed by atoms with E-state index < -0.39 is 22.7 Å². The largest absolute Gasteiger partial charge is 0.493 e. The number of piperazine rings is 1. The lowest BCUT2D eigenvalue weighted by atomic mass is 9.96. The van der Waals surface area contributed by atoms with Crippen molar-refractivity contribution in [3.8, 4) is 5.75 Å². The van der Waals surface area contributed by atoms with Gasteiger partial charge in [-0.15, -0.1) is 0 Å². The molecule has 2 unspecified atom stereocenters. The molecule has 1 amide bonds. The molecule has 11 heteroatoms. The van der Waals surface area contributed by atoms with Crippen LogP contribution in [0.2, 0.25) is 0 Å². The zero-order valence-corrected chi connectivity index (χ0v) is 23.2. The predicted molar refractivity (Wildman–Crippen MR) is 140 cm³/mol. The highest BCUT2D eigenvalue weighted by atomic mass is 32.2. The van der Waals surface area contributed by atoms with Crippen molar-refractivity contribution in [2.24, 2.45) is 0 Å². The smallest absolute Gasteiger partial charge is 0.268 e. The van der Waals surface area contributed by atoms with Crippen LogP contribution >= 0.6 is 0 Å². The van der Waals surface area contributed by atoms with Crippen molar-refractivity contribution in [2.45, 2.75) is 50.7 Å². The van der Waals surface area contributed by atoms with Crippen LogP contribution in [-0.2, 0) is 14.8 Å². The summed E-state index contributed by atoms with van der Waals surface area (Å²) >= 11 is 0. The number of rotatable bonds is 10. The molecule has 3 heterocycles. The molecule has 3 aliphatic rings. The van der Waals surface area contributed by atoms with Crippen molar-refractivity contribution in [3.63, 3.8) is 0 Å². The molecule has 2 atom stereocenters. The van der Waals surface area contributed by atoms with Gasteiger partial charge in [0.15, 0.2) is 0 Å². The fraction of sp³-hybridized carbons (Fsp3) is 0.654. The van der Waals surface area contributed by atoms with Crippen molar-refractivity contribution in [3.05, 3.63) is 35.0 Å². The molecule has 9 nitrogen and oxygen atoms in total. The van der Waals surface area contributed by atoms with Gasteiger partial charge in [0.05, 0.1) is 23.7 Å². The maximum absolute atomic E-state index is 13.6. The van der Waals surface area contributed by atoms with E-state index in [4.69, 9.17) is 4.74 Å². The summed E-state index contributed by atoms with van der Waals surface area (Å²) in [5.74, 6) is 0.431. The first-order chi connectivity index (χ1) is 17.7. The van der Waals surface area contributed by atoms with Gasteiger partial charge in [-0.3, -0.25) is 14.6 Å². The minimum absolute atomic E-state index is 0.0850. The molecular formula is C26H40FN5O4S. The second-order valence-corrected chi connectivity index (χ2v) is 11.9. The minimum atomic E-state index is -3.76. The summed E-state index contributed by atoms with van der Waals surface area (Å²) in [6.45, 7) is 9.76. The van der Waals surface area contributed by atoms with Gasteiger partial charge in [0.2, 0.25) is 10.0 Å². The topological polar surface area (TPSA) is 85.4 Å². The van der Waals surface area contributed by atoms with Gasteiger partial charge in [0.25, 0.3) is 5.91 Å². The molecule has 4 rings (SSSR count). The minimum Gasteiger partial charge on any atom is -0.493 e. The van der Waals surface area contributed by atoms with Crippen LogP contribution in [0.5, 0.6) is 5.75 Å². The Bertz CT molecular complexity index is 1120. The van der Waals surface area contributed by atoms with E-state index in [1.165, 1.54) is 4.31 Å². The quantitative estimate of drug-likeness (QED) is 0.490. The van der Waals surface area contributed by atoms with E-state index in [0.29, 0.717) is 62.9 Å². The summed E-state index contributed by atoms with van der Waals surface area (Å²) < 4.78 is 47.4. The summed E-state index contributed by atoms with van der Waals surface area (Å²) in [4.78, 5) is 19.6. The van der Waals surface area contributed by atoms with E-state index in [1.54, 1.807) is 18.2 Å². The maximum atomic E-state index is 13.6. The first-order valence-electron chi connectivity index (χ1n) is 13.3. The van der Waals surface area contributed by atoms with Crippen LogP contribution in [0.25, 0.3) is 0 Å². The highest BCUT2D eigenvalue weighted by Crippen LogP contribution is 2.41. The molecule has 0 bridgehead atoms. The third-order valence-corrected chi connectivity index (χ3v) is 9.49. The number of nitrogens with one attached hydrogen (secondary N) is 1. The molecule has 37 heavy (non-hydrogen) atoms. The van der Waals surface area contributed by atoms with E-state index in [0.717, 1.165) is 25.0 Å². The number of benzene rings is 1. The second kappa shape index (κ2) is 11.7. The standard InChI is InChI=1S/C26H40FN5O4S/c1-5-10-31-18-22-24(28-26(33)25(22)29(4)19(31)3)21-17-20(7-8-23(21)36-16-6-2)37(34,35)32-14-12-30(11-9-27)13-15-32/h7-8,17,19,24H,5-6,9-16,18H2,1-4H3,(H,28,33). The first-order valence-corrected chi connectivity index (χ1v) is 14.7. The number of hydrogen-bond donors (Lipinski definition) is 1. The summed E-state index contributed by atoms with van der Waals surface area (Å²) in [6.07, 6.45) is 1.88. The molecule has 3 aliphatic heterocycles. The van der Waals surface area contributed by atoms with Crippen molar-refractivity contribution >= 4 is 15.9 Å². The van der Waals surface area contributed by atoms with Crippen LogP contribution in [0, 0.1) is 0 Å². The zero-order valence-electron chi connectivity index (χ0n) is 22.4. The Morgan fingerprint density at radius 3 is 2.49 bits per heavy atom. The Morgan fingerprint density at radius 1 is 1.11 bits per heavy atom. The second-order valence-electron chi connectivity index (χ2n) is 9.98. The third kappa shape index (κ3) is 5.50. The summed E-state index contributed by atoms with van der Waals surface area (Å²) in [5, 5.41) is 3.11. The Hall–Kier alpha value is -2.21. The molecule has 206 valence electrons. The van der Waals surface area contributed by atoms with Gasteiger partial charge < -0.3 is 15.0 Å². The van der Waals surface area contributed by atoms with E-state index in [1.807, 2.05) is 23.8 Å². The fourth-order valence-corrected chi connectivity index (χ4v) is 6.90. The van der Waals surface area contributed by atoms with Crippen molar-refractivity contribution in [2.75, 3.05) is 66.1 Å². The Kier molecular flexibility index (Phi) is 8.77. The number of nitrogens with zero attached hydrogens (tertiary/aromatic N) is 4. The number of carbonyl (C=O) groups is 1. The molecule has 0 radical (unpaired) electrons. The number of amides is 1. The number of sulfonamides is 1. The predicted octanol–water partition coefficient (Wildman–Crippen LogP) is 2.18. The van der Waals surface area contributed by atoms with Crippen LogP contribution < -0.4 is 10.1 Å². The van der Waals surface area contributed by atoms with Gasteiger partial charge >= 0.3 is 0 Å². The lowest BCUT2D eigenvalue weighted by Gasteiger charge is -2.41. The van der Waals surface area contributed by atoms with Gasteiger partial charge in [-0.2, -0.15) is 4.31 Å². The average Bonchev–Trinajstić information content (AvgIpc) is 3.22. The molecule has 1 fully saturated rings. The SMILES string of the molecule is CCCOc1ccc(S(=O)(=O)N2CCN(CCF)CC2)cc1C1NC(=O)C2=C1CN(CCC)C(C)N2C. The molecule has 0 saturated carbocycles. The lowest BCUT2D eigenvalue weighted by molar-refractivity contribution is -0.119. The van der Waals surface area contributed by atoms with Gasteiger partial charge in [0, 0.05) is 58.4 Å². The number of carbonyl (C=O) groups excluding carboxylic acids is 1. The molecule has 1 aromatic rings. The Balaban J connectivity index is 1.70. The van der Waals surface area contributed by atoms with Crippen LogP contribution in [-0.4, -0.2) is 106 Å². The molecule has 0 aromatic heterocycles. The molecule has 1 N–H and O–H groups in total. The first kappa shape index (κ1) is 27.8. The van der Waals surface area contributed by atoms with Gasteiger partial charge in [0.1, 0.15) is 18.1 Å². The van der Waals surface area contributed by atoms with Gasteiger partial charge in [-0.1, -0.05) is 13.8 Å². The molecular weight excluding hydrogens is 497 g/mol. The summed E-state index contributed by atoms with van der Waals surface area (Å²) in [6, 6.07) is 4.49. The van der Waals surface area contributed by atoms with Crippen molar-refractivity contribution < 1.29 is 22.3 Å². The van der Waals surface area contributed by atoms with Crippen molar-refractivity contribution in [1.82, 2.24) is 24.3 Å². The van der Waals surface area contributed by atoms with E-state index in [-0.39, 0.29) is 17.0 Å². The van der Waals surface area contributed by atoms with E-state index in [9.17, 15) is 17.6 Å². The summed E-state index contributed by atoms with van der Waals surface area (Å²) in [7, 11) is -1.83. The monoisotopic (exact) mass is 537 g/mol. The molecule has 0 spiro atoms. The van der Waals surface area contributed by atoms with Gasteiger partial charge in [-0.25, -0.2) is 12.8 Å². The third-order valence-electron chi connectivity index (χ3n) is 7.59. The highest BCUT2D eigenvalue weighted by Gasteiger charge is 2.42. The number of hydrogen-bond acceptors (Lipinski definition) is 7. The van der Waals surface area contributed by atoms with Gasteiger partial charge in [-0.05, 0) is 43.5 Å². The number of alkyl halides is 1. The van der Waals surface area contributed by atoms with Crippen LogP contribution in [0.3, 0.4) is 0 Å².